The van der Waals surface area contributed by atoms with Gasteiger partial charge in [-0.2, -0.15) is 10.2 Å². The molecule has 13 heteroatoms. The zero-order valence-electron chi connectivity index (χ0n) is 17.4. The van der Waals surface area contributed by atoms with Crippen LogP contribution in [0.25, 0.3) is 0 Å². The van der Waals surface area contributed by atoms with Crippen LogP contribution in [0.4, 0.5) is 11.4 Å². The van der Waals surface area contributed by atoms with Crippen LogP contribution in [0.15, 0.2) is 22.7 Å². The first-order valence-electron chi connectivity index (χ1n) is 9.38. The summed E-state index contributed by atoms with van der Waals surface area (Å²) in [4.78, 5) is 23.0. The summed E-state index contributed by atoms with van der Waals surface area (Å²) in [5.74, 6) is -0.0546. The van der Waals surface area contributed by atoms with Crippen molar-refractivity contribution in [2.75, 3.05) is 5.32 Å². The molecule has 164 valence electrons. The molecule has 0 radical (unpaired) electrons. The highest BCUT2D eigenvalue weighted by Crippen LogP contribution is 2.23. The lowest BCUT2D eigenvalue weighted by atomic mass is 10.3. The van der Waals surface area contributed by atoms with Crippen LogP contribution in [-0.4, -0.2) is 35.5 Å². The van der Waals surface area contributed by atoms with Crippen molar-refractivity contribution in [1.29, 1.82) is 0 Å². The number of thiocarbonyl (C=S) groups is 1. The monoisotopic (exact) mass is 446 g/mol. The third kappa shape index (κ3) is 4.71. The number of aryl methyl sites for hydroxylation is 2. The highest BCUT2D eigenvalue weighted by molar-refractivity contribution is 7.80. The van der Waals surface area contributed by atoms with Gasteiger partial charge < -0.3 is 9.73 Å². The summed E-state index contributed by atoms with van der Waals surface area (Å²) in [6.07, 6.45) is 1.65. The molecule has 0 spiro atoms. The predicted molar refractivity (Wildman–Crippen MR) is 116 cm³/mol. The van der Waals surface area contributed by atoms with Crippen molar-refractivity contribution in [3.63, 3.8) is 0 Å². The largest absolute Gasteiger partial charge is 0.454 e. The molecule has 0 saturated carbocycles. The van der Waals surface area contributed by atoms with E-state index >= 15 is 0 Å². The van der Waals surface area contributed by atoms with Gasteiger partial charge in [0.1, 0.15) is 17.1 Å². The fourth-order valence-electron chi connectivity index (χ4n) is 3.05. The number of hydrogen-bond acceptors (Lipinski definition) is 7. The Balaban J connectivity index is 1.58. The fraction of sp³-hybridized carbons (Fsp3) is 0.333. The molecule has 3 aromatic rings. The zero-order valence-corrected chi connectivity index (χ0v) is 18.2. The van der Waals surface area contributed by atoms with E-state index in [1.807, 2.05) is 18.5 Å². The average molecular weight is 446 g/mol. The van der Waals surface area contributed by atoms with E-state index in [1.54, 1.807) is 26.1 Å². The van der Waals surface area contributed by atoms with Gasteiger partial charge in [-0.3, -0.25) is 35.1 Å². The molecule has 0 aliphatic carbocycles. The van der Waals surface area contributed by atoms with E-state index in [1.165, 1.54) is 10.7 Å². The minimum atomic E-state index is -0.532. The summed E-state index contributed by atoms with van der Waals surface area (Å²) < 4.78 is 8.82. The second kappa shape index (κ2) is 8.95. The van der Waals surface area contributed by atoms with Crippen molar-refractivity contribution in [2.24, 2.45) is 0 Å². The van der Waals surface area contributed by atoms with E-state index in [2.05, 4.69) is 26.4 Å². The summed E-state index contributed by atoms with van der Waals surface area (Å²) >= 11 is 5.18. The lowest BCUT2D eigenvalue weighted by Crippen LogP contribution is -2.43. The minimum absolute atomic E-state index is 0.0329. The zero-order chi connectivity index (χ0) is 22.7. The number of aromatic nitrogens is 4. The number of carbonyl (C=O) groups is 1. The van der Waals surface area contributed by atoms with Crippen molar-refractivity contribution >= 4 is 34.6 Å². The van der Waals surface area contributed by atoms with Crippen LogP contribution < -0.4 is 16.2 Å². The second-order valence-electron chi connectivity index (χ2n) is 6.69. The molecule has 12 nitrogen and oxygen atoms in total. The van der Waals surface area contributed by atoms with Crippen LogP contribution in [0.3, 0.4) is 0 Å². The Morgan fingerprint density at radius 3 is 2.58 bits per heavy atom. The molecule has 3 rings (SSSR count). The van der Waals surface area contributed by atoms with Crippen molar-refractivity contribution < 1.29 is 14.1 Å². The van der Waals surface area contributed by atoms with Gasteiger partial charge in [-0.25, -0.2) is 0 Å². The van der Waals surface area contributed by atoms with Crippen LogP contribution in [0.1, 0.15) is 40.3 Å². The van der Waals surface area contributed by atoms with E-state index < -0.39 is 10.8 Å². The number of nitro groups is 1. The molecular weight excluding hydrogens is 424 g/mol. The number of hydrazine groups is 1. The standard InChI is InChI=1S/C18H22N8O4S/c1-5-24-11(3)14(8-19-24)20-18(31)22-21-17(27)15-7-6-13(30-15)9-25-12(4)16(26(28)29)10(2)23-25/h6-8H,5,9H2,1-4H3,(H,21,27)(H2,20,22,31). The summed E-state index contributed by atoms with van der Waals surface area (Å²) in [7, 11) is 0. The maximum absolute atomic E-state index is 12.3. The summed E-state index contributed by atoms with van der Waals surface area (Å²) in [5.41, 5.74) is 7.39. The van der Waals surface area contributed by atoms with E-state index in [9.17, 15) is 14.9 Å². The number of carbonyl (C=O) groups excluding carboxylic acids is 1. The maximum atomic E-state index is 12.3. The SMILES string of the molecule is CCn1ncc(NC(=S)NNC(=O)c2ccc(Cn3nc(C)c([N+](=O)[O-])c3C)o2)c1C. The molecule has 0 fully saturated rings. The number of nitrogens with zero attached hydrogens (tertiary/aromatic N) is 5. The Bertz CT molecular complexity index is 1150. The Hall–Kier alpha value is -3.74. The van der Waals surface area contributed by atoms with Crippen LogP contribution in [0.5, 0.6) is 0 Å². The van der Waals surface area contributed by atoms with Gasteiger partial charge in [0, 0.05) is 6.54 Å². The van der Waals surface area contributed by atoms with E-state index in [-0.39, 0.29) is 23.1 Å². The fourth-order valence-corrected chi connectivity index (χ4v) is 3.22. The number of amides is 1. The van der Waals surface area contributed by atoms with Gasteiger partial charge >= 0.3 is 11.6 Å². The minimum Gasteiger partial charge on any atom is -0.454 e. The molecule has 0 aromatic carbocycles. The number of nitrogens with one attached hydrogen (secondary N) is 3. The summed E-state index contributed by atoms with van der Waals surface area (Å²) in [5, 5.41) is 22.6. The normalized spacial score (nSPS) is 10.7. The average Bonchev–Trinajstić information content (AvgIpc) is 3.39. The molecule has 0 unspecified atom stereocenters. The van der Waals surface area contributed by atoms with Crippen LogP contribution in [0.2, 0.25) is 0 Å². The molecule has 0 aliphatic heterocycles. The molecule has 3 aromatic heterocycles. The molecule has 3 N–H and O–H groups in total. The second-order valence-corrected chi connectivity index (χ2v) is 7.10. The van der Waals surface area contributed by atoms with Crippen LogP contribution in [-0.2, 0) is 13.1 Å². The molecular formula is C18H22N8O4S. The van der Waals surface area contributed by atoms with E-state index in [0.717, 1.165) is 17.9 Å². The Kier molecular flexibility index (Phi) is 6.34. The molecule has 0 bridgehead atoms. The quantitative estimate of drug-likeness (QED) is 0.295. The number of hydrogen-bond donors (Lipinski definition) is 3. The van der Waals surface area contributed by atoms with Crippen LogP contribution in [0, 0.1) is 30.9 Å². The summed E-state index contributed by atoms with van der Waals surface area (Å²) in [6.45, 7) is 7.95. The van der Waals surface area contributed by atoms with Gasteiger partial charge in [0.05, 0.1) is 29.0 Å². The lowest BCUT2D eigenvalue weighted by molar-refractivity contribution is -0.386. The smallest absolute Gasteiger partial charge is 0.312 e. The number of furan rings is 1. The van der Waals surface area contributed by atoms with Crippen molar-refractivity contribution in [3.8, 4) is 0 Å². The third-order valence-electron chi connectivity index (χ3n) is 4.66. The maximum Gasteiger partial charge on any atom is 0.312 e. The molecule has 3 heterocycles. The Morgan fingerprint density at radius 2 is 1.97 bits per heavy atom. The van der Waals surface area contributed by atoms with E-state index in [0.29, 0.717) is 17.1 Å². The van der Waals surface area contributed by atoms with Crippen molar-refractivity contribution in [3.05, 3.63) is 57.0 Å². The van der Waals surface area contributed by atoms with Gasteiger partial charge in [0.25, 0.3) is 0 Å². The van der Waals surface area contributed by atoms with Gasteiger partial charge in [0.15, 0.2) is 10.9 Å². The van der Waals surface area contributed by atoms with Gasteiger partial charge in [-0.15, -0.1) is 0 Å². The Labute approximate surface area is 182 Å². The number of anilines is 1. The Morgan fingerprint density at radius 1 is 1.23 bits per heavy atom. The molecule has 0 saturated heterocycles. The lowest BCUT2D eigenvalue weighted by Gasteiger charge is -2.10. The van der Waals surface area contributed by atoms with Gasteiger partial charge in [-0.1, -0.05) is 0 Å². The first-order valence-corrected chi connectivity index (χ1v) is 9.78. The van der Waals surface area contributed by atoms with Gasteiger partial charge in [0.2, 0.25) is 0 Å². The highest BCUT2D eigenvalue weighted by Gasteiger charge is 2.22. The molecule has 31 heavy (non-hydrogen) atoms. The first kappa shape index (κ1) is 22.0. The summed E-state index contributed by atoms with van der Waals surface area (Å²) in [6, 6.07) is 3.11. The highest BCUT2D eigenvalue weighted by atomic mass is 32.1. The van der Waals surface area contributed by atoms with Crippen molar-refractivity contribution in [1.82, 2.24) is 30.4 Å². The molecule has 1 amide bonds. The molecule has 0 atom stereocenters. The topological polar surface area (TPSA) is 145 Å². The van der Waals surface area contributed by atoms with Crippen molar-refractivity contribution in [2.45, 2.75) is 40.8 Å². The third-order valence-corrected chi connectivity index (χ3v) is 4.86. The predicted octanol–water partition coefficient (Wildman–Crippen LogP) is 2.21. The number of rotatable bonds is 6. The van der Waals surface area contributed by atoms with E-state index in [4.69, 9.17) is 16.6 Å². The van der Waals surface area contributed by atoms with Gasteiger partial charge in [-0.05, 0) is 52.0 Å². The first-order chi connectivity index (χ1) is 14.7. The molecule has 0 aliphatic rings. The van der Waals surface area contributed by atoms with Crippen LogP contribution >= 0.6 is 12.2 Å².